The lowest BCUT2D eigenvalue weighted by molar-refractivity contribution is 0.796. The highest BCUT2D eigenvalue weighted by Gasteiger charge is 2.18. The van der Waals surface area contributed by atoms with Crippen molar-refractivity contribution in [3.8, 4) is 22.3 Å². The molecule has 8 rings (SSSR count). The van der Waals surface area contributed by atoms with Crippen LogP contribution in [0.15, 0.2) is 164 Å². The van der Waals surface area contributed by atoms with Crippen molar-refractivity contribution in [2.75, 3.05) is 4.90 Å². The number of aryl methyl sites for hydroxylation is 2. The maximum Gasteiger partial charge on any atom is 0.0546 e. The third-order valence-corrected chi connectivity index (χ3v) is 10.4. The Morgan fingerprint density at radius 1 is 0.373 bits per heavy atom. The third-order valence-electron chi connectivity index (χ3n) is 10.4. The van der Waals surface area contributed by atoms with Crippen molar-refractivity contribution in [2.45, 2.75) is 52.4 Å². The fourth-order valence-electron chi connectivity index (χ4n) is 7.53. The zero-order chi connectivity index (χ0) is 34.6. The Kier molecular flexibility index (Phi) is 9.36. The van der Waals surface area contributed by atoms with E-state index in [2.05, 4.69) is 183 Å². The van der Waals surface area contributed by atoms with E-state index in [1.807, 2.05) is 0 Å². The molecule has 0 amide bonds. The molecule has 8 aromatic rings. The largest absolute Gasteiger partial charge is 0.310 e. The van der Waals surface area contributed by atoms with Crippen LogP contribution in [0.4, 0.5) is 17.1 Å². The first-order valence-corrected chi connectivity index (χ1v) is 18.7. The van der Waals surface area contributed by atoms with E-state index in [0.29, 0.717) is 0 Å². The predicted molar refractivity (Wildman–Crippen MR) is 222 cm³/mol. The maximum absolute atomic E-state index is 2.43. The summed E-state index contributed by atoms with van der Waals surface area (Å²) in [5.41, 5.74) is 11.2. The number of hydrogen-bond donors (Lipinski definition) is 0. The predicted octanol–water partition coefficient (Wildman–Crippen LogP) is 14.6. The Morgan fingerprint density at radius 3 is 1.55 bits per heavy atom. The quantitative estimate of drug-likeness (QED) is 0.125. The van der Waals surface area contributed by atoms with Gasteiger partial charge in [0, 0.05) is 16.8 Å². The summed E-state index contributed by atoms with van der Waals surface area (Å²) >= 11 is 0. The average Bonchev–Trinajstić information content (AvgIpc) is 3.20. The second-order valence-electron chi connectivity index (χ2n) is 13.9. The van der Waals surface area contributed by atoms with Crippen LogP contribution in [-0.2, 0) is 12.8 Å². The van der Waals surface area contributed by atoms with Crippen molar-refractivity contribution in [1.29, 1.82) is 0 Å². The topological polar surface area (TPSA) is 3.24 Å². The van der Waals surface area contributed by atoms with Crippen molar-refractivity contribution >= 4 is 49.4 Å². The highest BCUT2D eigenvalue weighted by molar-refractivity contribution is 6.14. The average molecular weight is 660 g/mol. The highest BCUT2D eigenvalue weighted by Crippen LogP contribution is 2.43. The molecule has 0 aliphatic carbocycles. The zero-order valence-corrected chi connectivity index (χ0v) is 29.8. The lowest BCUT2D eigenvalue weighted by atomic mass is 9.95. The van der Waals surface area contributed by atoms with Gasteiger partial charge in [-0.15, -0.1) is 0 Å². The molecule has 0 aliphatic rings. The molecule has 0 saturated carbocycles. The van der Waals surface area contributed by atoms with Crippen LogP contribution in [-0.4, -0.2) is 0 Å². The Balaban J connectivity index is 1.22. The van der Waals surface area contributed by atoms with Gasteiger partial charge >= 0.3 is 0 Å². The second kappa shape index (κ2) is 14.7. The fraction of sp³-hybridized carbons (Fsp3) is 0.160. The Morgan fingerprint density at radius 2 is 0.882 bits per heavy atom. The standard InChI is InChI=1S/C50H45N/c1-3-5-12-36-18-20-43-34-42(23-22-41(43)32-36)40-26-30-46(31-27-40)51(45-28-24-39(25-29-45)38-14-8-7-9-15-38)50-35-44-21-19-37(13-6-4-2)33-49(44)47-16-10-11-17-48(47)50/h7-11,14-35H,3-6,12-13H2,1-2H3. The summed E-state index contributed by atoms with van der Waals surface area (Å²) in [6, 6.07) is 61.0. The minimum atomic E-state index is 1.12. The summed E-state index contributed by atoms with van der Waals surface area (Å²) in [4.78, 5) is 2.43. The van der Waals surface area contributed by atoms with Gasteiger partial charge in [0.15, 0.2) is 0 Å². The number of benzene rings is 8. The van der Waals surface area contributed by atoms with Crippen LogP contribution in [0.25, 0.3) is 54.6 Å². The van der Waals surface area contributed by atoms with E-state index in [1.54, 1.807) is 0 Å². The van der Waals surface area contributed by atoms with Gasteiger partial charge in [-0.25, -0.2) is 0 Å². The first-order valence-electron chi connectivity index (χ1n) is 18.7. The molecule has 0 fully saturated rings. The summed E-state index contributed by atoms with van der Waals surface area (Å²) in [6.45, 7) is 4.52. The Labute approximate surface area is 302 Å². The van der Waals surface area contributed by atoms with Gasteiger partial charge in [-0.3, -0.25) is 0 Å². The van der Waals surface area contributed by atoms with E-state index in [0.717, 1.165) is 24.2 Å². The normalized spacial score (nSPS) is 11.4. The van der Waals surface area contributed by atoms with Crippen LogP contribution >= 0.6 is 0 Å². The number of hydrogen-bond acceptors (Lipinski definition) is 1. The molecule has 0 bridgehead atoms. The lowest BCUT2D eigenvalue weighted by Crippen LogP contribution is -2.10. The van der Waals surface area contributed by atoms with Gasteiger partial charge in [-0.2, -0.15) is 0 Å². The molecule has 0 aliphatic heterocycles. The van der Waals surface area contributed by atoms with Crippen molar-refractivity contribution in [1.82, 2.24) is 0 Å². The van der Waals surface area contributed by atoms with Gasteiger partial charge in [0.05, 0.1) is 5.69 Å². The summed E-state index contributed by atoms with van der Waals surface area (Å²) < 4.78 is 0. The van der Waals surface area contributed by atoms with Crippen molar-refractivity contribution < 1.29 is 0 Å². The van der Waals surface area contributed by atoms with Crippen LogP contribution in [0.1, 0.15) is 50.7 Å². The second-order valence-corrected chi connectivity index (χ2v) is 13.9. The Bertz CT molecular complexity index is 2420. The van der Waals surface area contributed by atoms with E-state index < -0.39 is 0 Å². The molecule has 250 valence electrons. The molecule has 0 unspecified atom stereocenters. The lowest BCUT2D eigenvalue weighted by Gasteiger charge is -2.28. The SMILES string of the molecule is CCCCc1ccc2cc(-c3ccc(N(c4ccc(-c5ccccc5)cc4)c4cc5ccc(CCCC)cc5c5ccccc45)cc3)ccc2c1. The Hall–Kier alpha value is -5.66. The molecule has 8 aromatic carbocycles. The van der Waals surface area contributed by atoms with E-state index in [9.17, 15) is 0 Å². The molecular weight excluding hydrogens is 615 g/mol. The van der Waals surface area contributed by atoms with Crippen LogP contribution in [0.2, 0.25) is 0 Å². The molecule has 0 heterocycles. The van der Waals surface area contributed by atoms with Gasteiger partial charge in [-0.1, -0.05) is 154 Å². The van der Waals surface area contributed by atoms with Crippen molar-refractivity contribution in [3.05, 3.63) is 175 Å². The zero-order valence-electron chi connectivity index (χ0n) is 29.8. The summed E-state index contributed by atoms with van der Waals surface area (Å²) in [7, 11) is 0. The molecule has 1 heteroatoms. The van der Waals surface area contributed by atoms with E-state index >= 15 is 0 Å². The van der Waals surface area contributed by atoms with Gasteiger partial charge in [0.1, 0.15) is 0 Å². The molecule has 0 radical (unpaired) electrons. The van der Waals surface area contributed by atoms with Crippen LogP contribution in [0, 0.1) is 0 Å². The van der Waals surface area contributed by atoms with Crippen LogP contribution in [0.5, 0.6) is 0 Å². The first kappa shape index (κ1) is 32.5. The van der Waals surface area contributed by atoms with Gasteiger partial charge in [-0.05, 0) is 122 Å². The molecule has 0 atom stereocenters. The first-order chi connectivity index (χ1) is 25.2. The van der Waals surface area contributed by atoms with Crippen molar-refractivity contribution in [3.63, 3.8) is 0 Å². The number of anilines is 3. The summed E-state index contributed by atoms with van der Waals surface area (Å²) in [6.07, 6.45) is 7.14. The minimum Gasteiger partial charge on any atom is -0.310 e. The number of unbranched alkanes of at least 4 members (excludes halogenated alkanes) is 2. The molecular formula is C50H45N. The fourth-order valence-corrected chi connectivity index (χ4v) is 7.53. The smallest absolute Gasteiger partial charge is 0.0546 e. The molecule has 0 N–H and O–H groups in total. The van der Waals surface area contributed by atoms with Gasteiger partial charge in [0.2, 0.25) is 0 Å². The highest BCUT2D eigenvalue weighted by atomic mass is 15.1. The summed E-state index contributed by atoms with van der Waals surface area (Å²) in [5, 5.41) is 7.74. The molecule has 0 saturated heterocycles. The van der Waals surface area contributed by atoms with Gasteiger partial charge in [0.25, 0.3) is 0 Å². The molecule has 0 aromatic heterocycles. The number of fused-ring (bicyclic) bond motifs is 4. The van der Waals surface area contributed by atoms with E-state index in [-0.39, 0.29) is 0 Å². The molecule has 1 nitrogen and oxygen atoms in total. The monoisotopic (exact) mass is 659 g/mol. The van der Waals surface area contributed by atoms with E-state index in [4.69, 9.17) is 0 Å². The van der Waals surface area contributed by atoms with E-state index in [1.165, 1.54) is 97.1 Å². The molecule has 51 heavy (non-hydrogen) atoms. The van der Waals surface area contributed by atoms with Crippen molar-refractivity contribution in [2.24, 2.45) is 0 Å². The van der Waals surface area contributed by atoms with Gasteiger partial charge < -0.3 is 4.90 Å². The summed E-state index contributed by atoms with van der Waals surface area (Å²) in [5.74, 6) is 0. The third kappa shape index (κ3) is 6.77. The number of rotatable bonds is 11. The van der Waals surface area contributed by atoms with Crippen LogP contribution < -0.4 is 4.90 Å². The number of nitrogens with zero attached hydrogens (tertiary/aromatic N) is 1. The molecule has 0 spiro atoms. The van der Waals surface area contributed by atoms with Crippen LogP contribution in [0.3, 0.4) is 0 Å². The maximum atomic E-state index is 2.43. The minimum absolute atomic E-state index is 1.12.